The second-order valence-corrected chi connectivity index (χ2v) is 5.64. The van der Waals surface area contributed by atoms with Crippen molar-refractivity contribution in [3.8, 4) is 0 Å². The first-order valence-corrected chi connectivity index (χ1v) is 7.48. The van der Waals surface area contributed by atoms with Crippen LogP contribution in [0.15, 0.2) is 22.7 Å². The van der Waals surface area contributed by atoms with Gasteiger partial charge in [-0.1, -0.05) is 15.9 Å². The molecule has 0 saturated carbocycles. The summed E-state index contributed by atoms with van der Waals surface area (Å²) in [6, 6.07) is 5.24. The molecule has 1 atom stereocenters. The van der Waals surface area contributed by atoms with E-state index in [-0.39, 0.29) is 5.82 Å². The number of thioether (sulfide) groups is 1. The summed E-state index contributed by atoms with van der Waals surface area (Å²) in [5.74, 6) is 0.968. The average Bonchev–Trinajstić information content (AvgIpc) is 2.27. The van der Waals surface area contributed by atoms with Crippen LogP contribution in [0.2, 0.25) is 0 Å². The Morgan fingerprint density at radius 2 is 2.25 bits per heavy atom. The Kier molecular flexibility index (Phi) is 6.39. The minimum Gasteiger partial charge on any atom is -0.310 e. The molecule has 1 aromatic carbocycles. The summed E-state index contributed by atoms with van der Waals surface area (Å²) < 4.78 is 14.0. The third-order valence-electron chi connectivity index (χ3n) is 2.40. The Balaban J connectivity index is 2.44. The quantitative estimate of drug-likeness (QED) is 0.857. The zero-order valence-electron chi connectivity index (χ0n) is 9.59. The van der Waals surface area contributed by atoms with Gasteiger partial charge in [0.15, 0.2) is 0 Å². The van der Waals surface area contributed by atoms with Gasteiger partial charge < -0.3 is 5.32 Å². The molecule has 16 heavy (non-hydrogen) atoms. The highest BCUT2D eigenvalue weighted by Crippen LogP contribution is 2.17. The largest absolute Gasteiger partial charge is 0.310 e. The summed E-state index contributed by atoms with van der Waals surface area (Å²) in [5, 5.41) is 3.39. The van der Waals surface area contributed by atoms with Gasteiger partial charge >= 0.3 is 0 Å². The predicted octanol–water partition coefficient (Wildman–Crippen LogP) is 3.82. The van der Waals surface area contributed by atoms with E-state index in [0.717, 1.165) is 22.2 Å². The molecule has 0 aliphatic rings. The maximum Gasteiger partial charge on any atom is 0.123 e. The Morgan fingerprint density at radius 1 is 1.50 bits per heavy atom. The molecule has 0 aromatic heterocycles. The van der Waals surface area contributed by atoms with E-state index in [1.807, 2.05) is 11.8 Å². The van der Waals surface area contributed by atoms with Crippen molar-refractivity contribution in [2.75, 3.05) is 12.0 Å². The van der Waals surface area contributed by atoms with E-state index in [2.05, 4.69) is 34.4 Å². The van der Waals surface area contributed by atoms with Gasteiger partial charge in [0.2, 0.25) is 0 Å². The van der Waals surface area contributed by atoms with Gasteiger partial charge in [-0.25, -0.2) is 4.39 Å². The summed E-state index contributed by atoms with van der Waals surface area (Å²) in [6.45, 7) is 2.86. The molecule has 4 heteroatoms. The van der Waals surface area contributed by atoms with Crippen LogP contribution in [-0.2, 0) is 6.54 Å². The minimum absolute atomic E-state index is 0.184. The zero-order chi connectivity index (χ0) is 12.0. The van der Waals surface area contributed by atoms with Crippen molar-refractivity contribution in [2.24, 2.45) is 0 Å². The highest BCUT2D eigenvalue weighted by atomic mass is 79.9. The standard InChI is InChI=1S/C12H17BrFNS/c1-9(5-6-16-2)15-8-10-7-11(14)3-4-12(10)13/h3-4,7,9,15H,5-6,8H2,1-2H3. The number of benzene rings is 1. The lowest BCUT2D eigenvalue weighted by Crippen LogP contribution is -2.26. The van der Waals surface area contributed by atoms with Gasteiger partial charge in [-0.2, -0.15) is 11.8 Å². The van der Waals surface area contributed by atoms with Crippen LogP contribution in [0, 0.1) is 5.82 Å². The van der Waals surface area contributed by atoms with Crippen LogP contribution in [0.5, 0.6) is 0 Å². The van der Waals surface area contributed by atoms with Crippen LogP contribution in [0.3, 0.4) is 0 Å². The van der Waals surface area contributed by atoms with Crippen LogP contribution < -0.4 is 5.32 Å². The van der Waals surface area contributed by atoms with Crippen molar-refractivity contribution >= 4 is 27.7 Å². The number of nitrogens with one attached hydrogen (secondary N) is 1. The number of hydrogen-bond acceptors (Lipinski definition) is 2. The number of rotatable bonds is 6. The lowest BCUT2D eigenvalue weighted by atomic mass is 10.2. The molecule has 0 spiro atoms. The molecule has 1 unspecified atom stereocenters. The van der Waals surface area contributed by atoms with E-state index < -0.39 is 0 Å². The second kappa shape index (κ2) is 7.30. The minimum atomic E-state index is -0.184. The van der Waals surface area contributed by atoms with Crippen molar-refractivity contribution in [3.05, 3.63) is 34.1 Å². The highest BCUT2D eigenvalue weighted by molar-refractivity contribution is 9.10. The van der Waals surface area contributed by atoms with Crippen LogP contribution >= 0.6 is 27.7 Å². The van der Waals surface area contributed by atoms with E-state index >= 15 is 0 Å². The maximum atomic E-state index is 13.0. The molecule has 1 rings (SSSR count). The Bertz CT molecular complexity index is 333. The molecular weight excluding hydrogens is 289 g/mol. The van der Waals surface area contributed by atoms with Crippen LogP contribution in [-0.4, -0.2) is 18.1 Å². The zero-order valence-corrected chi connectivity index (χ0v) is 12.0. The van der Waals surface area contributed by atoms with Gasteiger partial charge in [0, 0.05) is 17.1 Å². The lowest BCUT2D eigenvalue weighted by Gasteiger charge is -2.13. The van der Waals surface area contributed by atoms with Crippen LogP contribution in [0.4, 0.5) is 4.39 Å². The summed E-state index contributed by atoms with van der Waals surface area (Å²) >= 11 is 5.27. The van der Waals surface area contributed by atoms with Gasteiger partial charge in [-0.15, -0.1) is 0 Å². The molecule has 1 aromatic rings. The topological polar surface area (TPSA) is 12.0 Å². The number of halogens is 2. The van der Waals surface area contributed by atoms with Crippen molar-refractivity contribution < 1.29 is 4.39 Å². The van der Waals surface area contributed by atoms with Crippen molar-refractivity contribution in [1.82, 2.24) is 5.32 Å². The van der Waals surface area contributed by atoms with Gasteiger partial charge in [0.25, 0.3) is 0 Å². The summed E-state index contributed by atoms with van der Waals surface area (Å²) in [6.07, 6.45) is 3.24. The monoisotopic (exact) mass is 305 g/mol. The highest BCUT2D eigenvalue weighted by Gasteiger charge is 2.04. The van der Waals surface area contributed by atoms with Gasteiger partial charge in [-0.3, -0.25) is 0 Å². The Labute approximate surface area is 109 Å². The van der Waals surface area contributed by atoms with Crippen LogP contribution in [0.1, 0.15) is 18.9 Å². The molecule has 0 bridgehead atoms. The fourth-order valence-electron chi connectivity index (χ4n) is 1.36. The SMILES string of the molecule is CSCCC(C)NCc1cc(F)ccc1Br. The third kappa shape index (κ3) is 4.85. The first-order chi connectivity index (χ1) is 7.63. The smallest absolute Gasteiger partial charge is 0.123 e. The van der Waals surface area contributed by atoms with E-state index in [9.17, 15) is 4.39 Å². The van der Waals surface area contributed by atoms with Gasteiger partial charge in [0.1, 0.15) is 5.82 Å². The molecule has 0 fully saturated rings. The summed E-state index contributed by atoms with van der Waals surface area (Å²) in [5.41, 5.74) is 0.969. The van der Waals surface area contributed by atoms with Crippen molar-refractivity contribution in [2.45, 2.75) is 25.9 Å². The van der Waals surface area contributed by atoms with Crippen LogP contribution in [0.25, 0.3) is 0 Å². The fourth-order valence-corrected chi connectivity index (χ4v) is 2.34. The summed E-state index contributed by atoms with van der Waals surface area (Å²) in [7, 11) is 0. The van der Waals surface area contributed by atoms with E-state index in [0.29, 0.717) is 12.6 Å². The average molecular weight is 306 g/mol. The van der Waals surface area contributed by atoms with E-state index in [1.165, 1.54) is 6.07 Å². The molecule has 90 valence electrons. The van der Waals surface area contributed by atoms with E-state index in [1.54, 1.807) is 12.1 Å². The molecule has 0 aliphatic carbocycles. The summed E-state index contributed by atoms with van der Waals surface area (Å²) in [4.78, 5) is 0. The van der Waals surface area contributed by atoms with Crippen molar-refractivity contribution in [1.29, 1.82) is 0 Å². The van der Waals surface area contributed by atoms with Gasteiger partial charge in [-0.05, 0) is 49.1 Å². The molecular formula is C12H17BrFNS. The maximum absolute atomic E-state index is 13.0. The number of hydrogen-bond donors (Lipinski definition) is 1. The molecule has 0 saturated heterocycles. The van der Waals surface area contributed by atoms with Gasteiger partial charge in [0.05, 0.1) is 0 Å². The predicted molar refractivity (Wildman–Crippen MR) is 73.4 cm³/mol. The molecule has 0 radical (unpaired) electrons. The first kappa shape index (κ1) is 14.0. The first-order valence-electron chi connectivity index (χ1n) is 5.29. The molecule has 0 amide bonds. The second-order valence-electron chi connectivity index (χ2n) is 3.80. The molecule has 0 heterocycles. The third-order valence-corrected chi connectivity index (χ3v) is 3.82. The Morgan fingerprint density at radius 3 is 2.94 bits per heavy atom. The normalized spacial score (nSPS) is 12.8. The Hall–Kier alpha value is -0.0600. The van der Waals surface area contributed by atoms with Crippen molar-refractivity contribution in [3.63, 3.8) is 0 Å². The lowest BCUT2D eigenvalue weighted by molar-refractivity contribution is 0.534. The molecule has 0 aliphatic heterocycles. The molecule has 1 nitrogen and oxygen atoms in total. The fraction of sp³-hybridized carbons (Fsp3) is 0.500. The molecule has 1 N–H and O–H groups in total. The van der Waals surface area contributed by atoms with E-state index in [4.69, 9.17) is 0 Å².